The molecule has 2 atom stereocenters. The highest BCUT2D eigenvalue weighted by Crippen LogP contribution is 2.33. The van der Waals surface area contributed by atoms with Crippen molar-refractivity contribution in [1.82, 2.24) is 25.1 Å². The fraction of sp³-hybridized carbons (Fsp3) is 0.429. The van der Waals surface area contributed by atoms with Crippen LogP contribution in [0, 0.1) is 5.92 Å². The van der Waals surface area contributed by atoms with E-state index in [-0.39, 0.29) is 6.04 Å². The standard InChI is InChI=1S/C21H25N7O/c29-21-16(10-13-4-2-1-3-5-13)25-20-19(27-21)22-11-17(26-20)14-6-8-15(9-7-14)18-23-12-24-28-18/h6-9,11-13,16,21,29H,1-5,10H2,(H,22,27)(H,25,26)(H,23,24,28)/t16-,21?/m0/s1. The summed E-state index contributed by atoms with van der Waals surface area (Å²) in [5, 5.41) is 23.8. The molecule has 4 N–H and O–H groups in total. The number of hydrogen-bond donors (Lipinski definition) is 4. The van der Waals surface area contributed by atoms with E-state index >= 15 is 0 Å². The van der Waals surface area contributed by atoms with Crippen LogP contribution >= 0.6 is 0 Å². The first-order valence-electron chi connectivity index (χ1n) is 10.3. The summed E-state index contributed by atoms with van der Waals surface area (Å²) in [6.45, 7) is 0. The summed E-state index contributed by atoms with van der Waals surface area (Å²) in [7, 11) is 0. The summed E-state index contributed by atoms with van der Waals surface area (Å²) in [6.07, 6.45) is 9.96. The Kier molecular flexibility index (Phi) is 4.85. The zero-order chi connectivity index (χ0) is 19.6. The maximum Gasteiger partial charge on any atom is 0.171 e. The van der Waals surface area contributed by atoms with Crippen molar-refractivity contribution < 1.29 is 5.11 Å². The second-order valence-electron chi connectivity index (χ2n) is 7.94. The molecule has 2 aliphatic rings. The first-order valence-corrected chi connectivity index (χ1v) is 10.3. The third-order valence-electron chi connectivity index (χ3n) is 5.94. The van der Waals surface area contributed by atoms with E-state index in [1.165, 1.54) is 38.4 Å². The number of aliphatic hydroxyl groups is 1. The van der Waals surface area contributed by atoms with Gasteiger partial charge in [-0.15, -0.1) is 0 Å². The van der Waals surface area contributed by atoms with Crippen LogP contribution in [-0.4, -0.2) is 42.5 Å². The Morgan fingerprint density at radius 3 is 2.48 bits per heavy atom. The molecule has 8 nitrogen and oxygen atoms in total. The van der Waals surface area contributed by atoms with Crippen molar-refractivity contribution in [2.75, 3.05) is 10.6 Å². The van der Waals surface area contributed by atoms with Crippen molar-refractivity contribution in [2.45, 2.75) is 50.8 Å². The van der Waals surface area contributed by atoms with Crippen LogP contribution in [0.25, 0.3) is 22.6 Å². The third kappa shape index (κ3) is 3.80. The number of hydrogen-bond acceptors (Lipinski definition) is 7. The quantitative estimate of drug-likeness (QED) is 0.539. The van der Waals surface area contributed by atoms with Gasteiger partial charge >= 0.3 is 0 Å². The number of aliphatic hydroxyl groups excluding tert-OH is 1. The molecule has 1 fully saturated rings. The number of rotatable bonds is 4. The van der Waals surface area contributed by atoms with Gasteiger partial charge in [0.05, 0.1) is 17.9 Å². The van der Waals surface area contributed by atoms with Gasteiger partial charge in [-0.3, -0.25) is 5.10 Å². The summed E-state index contributed by atoms with van der Waals surface area (Å²) in [4.78, 5) is 13.4. The molecule has 1 aromatic carbocycles. The van der Waals surface area contributed by atoms with Gasteiger partial charge in [-0.2, -0.15) is 5.10 Å². The SMILES string of the molecule is OC1Nc2ncc(-c3ccc(-c4ncn[nH]4)cc3)nc2N[C@H]1CC1CCCCC1. The molecule has 0 amide bonds. The van der Waals surface area contributed by atoms with E-state index in [4.69, 9.17) is 4.98 Å². The molecule has 3 heterocycles. The van der Waals surface area contributed by atoms with Crippen LogP contribution < -0.4 is 10.6 Å². The second-order valence-corrected chi connectivity index (χ2v) is 7.94. The smallest absolute Gasteiger partial charge is 0.171 e. The van der Waals surface area contributed by atoms with Gasteiger partial charge in [-0.1, -0.05) is 56.4 Å². The Balaban J connectivity index is 1.34. The summed E-state index contributed by atoms with van der Waals surface area (Å²) >= 11 is 0. The van der Waals surface area contributed by atoms with Gasteiger partial charge in [-0.05, 0) is 12.3 Å². The van der Waals surface area contributed by atoms with E-state index in [0.29, 0.717) is 17.6 Å². The Hall–Kier alpha value is -3.00. The second kappa shape index (κ2) is 7.79. The fourth-order valence-electron chi connectivity index (χ4n) is 4.34. The molecular weight excluding hydrogens is 366 g/mol. The predicted octanol–water partition coefficient (Wildman–Crippen LogP) is 3.42. The number of benzene rings is 1. The lowest BCUT2D eigenvalue weighted by Gasteiger charge is -2.34. The molecule has 0 bridgehead atoms. The third-order valence-corrected chi connectivity index (χ3v) is 5.94. The van der Waals surface area contributed by atoms with Crippen LogP contribution in [0.4, 0.5) is 11.6 Å². The van der Waals surface area contributed by atoms with E-state index in [1.807, 2.05) is 24.3 Å². The minimum absolute atomic E-state index is 0.0519. The topological polar surface area (TPSA) is 112 Å². The first-order chi connectivity index (χ1) is 14.3. The fourth-order valence-corrected chi connectivity index (χ4v) is 4.34. The lowest BCUT2D eigenvalue weighted by Crippen LogP contribution is -2.44. The minimum atomic E-state index is -0.647. The summed E-state index contributed by atoms with van der Waals surface area (Å²) < 4.78 is 0. The zero-order valence-corrected chi connectivity index (χ0v) is 16.2. The largest absolute Gasteiger partial charge is 0.372 e. The molecule has 1 aliphatic carbocycles. The number of aromatic nitrogens is 5. The van der Waals surface area contributed by atoms with Crippen molar-refractivity contribution in [3.8, 4) is 22.6 Å². The molecule has 1 saturated carbocycles. The van der Waals surface area contributed by atoms with Gasteiger partial charge in [-0.25, -0.2) is 15.0 Å². The van der Waals surface area contributed by atoms with Gasteiger partial charge in [0, 0.05) is 11.1 Å². The normalized spacial score (nSPS) is 21.8. The lowest BCUT2D eigenvalue weighted by molar-refractivity contribution is 0.156. The summed E-state index contributed by atoms with van der Waals surface area (Å²) in [5.74, 6) is 2.70. The highest BCUT2D eigenvalue weighted by atomic mass is 16.3. The van der Waals surface area contributed by atoms with Gasteiger partial charge in [0.1, 0.15) is 12.6 Å². The average Bonchev–Trinajstić information content (AvgIpc) is 3.30. The van der Waals surface area contributed by atoms with Gasteiger partial charge in [0.15, 0.2) is 17.5 Å². The molecule has 0 radical (unpaired) electrons. The van der Waals surface area contributed by atoms with Gasteiger partial charge < -0.3 is 15.7 Å². The number of fused-ring (bicyclic) bond motifs is 1. The van der Waals surface area contributed by atoms with E-state index in [9.17, 15) is 5.11 Å². The van der Waals surface area contributed by atoms with Crippen LogP contribution in [-0.2, 0) is 0 Å². The van der Waals surface area contributed by atoms with Crippen LogP contribution in [0.2, 0.25) is 0 Å². The molecule has 1 unspecified atom stereocenters. The van der Waals surface area contributed by atoms with E-state index in [0.717, 1.165) is 29.1 Å². The van der Waals surface area contributed by atoms with Crippen LogP contribution in [0.5, 0.6) is 0 Å². The molecule has 1 aliphatic heterocycles. The molecule has 2 aromatic heterocycles. The summed E-state index contributed by atoms with van der Waals surface area (Å²) in [5.41, 5.74) is 2.72. The lowest BCUT2D eigenvalue weighted by atomic mass is 9.84. The number of anilines is 2. The van der Waals surface area contributed by atoms with Gasteiger partial charge in [0.25, 0.3) is 0 Å². The zero-order valence-electron chi connectivity index (χ0n) is 16.2. The van der Waals surface area contributed by atoms with Crippen molar-refractivity contribution in [1.29, 1.82) is 0 Å². The molecule has 8 heteroatoms. The van der Waals surface area contributed by atoms with Gasteiger partial charge in [0.2, 0.25) is 0 Å². The Morgan fingerprint density at radius 1 is 0.931 bits per heavy atom. The highest BCUT2D eigenvalue weighted by molar-refractivity contribution is 5.70. The minimum Gasteiger partial charge on any atom is -0.372 e. The number of nitrogens with one attached hydrogen (secondary N) is 3. The molecule has 0 spiro atoms. The van der Waals surface area contributed by atoms with Crippen molar-refractivity contribution in [3.63, 3.8) is 0 Å². The maximum absolute atomic E-state index is 10.5. The number of H-pyrrole nitrogens is 1. The Labute approximate surface area is 169 Å². The monoisotopic (exact) mass is 391 g/mol. The summed E-state index contributed by atoms with van der Waals surface area (Å²) in [6, 6.07) is 7.91. The molecular formula is C21H25N7O. The first kappa shape index (κ1) is 18.1. The van der Waals surface area contributed by atoms with E-state index < -0.39 is 6.23 Å². The van der Waals surface area contributed by atoms with Crippen molar-refractivity contribution in [2.24, 2.45) is 5.92 Å². The predicted molar refractivity (Wildman–Crippen MR) is 111 cm³/mol. The Bertz CT molecular complexity index is 952. The van der Waals surface area contributed by atoms with Crippen molar-refractivity contribution >= 4 is 11.6 Å². The van der Waals surface area contributed by atoms with Crippen molar-refractivity contribution in [3.05, 3.63) is 36.8 Å². The maximum atomic E-state index is 10.5. The molecule has 0 saturated heterocycles. The molecule has 29 heavy (non-hydrogen) atoms. The number of aromatic amines is 1. The molecule has 5 rings (SSSR count). The van der Waals surface area contributed by atoms with E-state index in [1.54, 1.807) is 6.20 Å². The molecule has 3 aromatic rings. The highest BCUT2D eigenvalue weighted by Gasteiger charge is 2.30. The van der Waals surface area contributed by atoms with Crippen LogP contribution in [0.1, 0.15) is 38.5 Å². The molecule has 150 valence electrons. The van der Waals surface area contributed by atoms with E-state index in [2.05, 4.69) is 30.8 Å². The number of nitrogens with zero attached hydrogens (tertiary/aromatic N) is 4. The Morgan fingerprint density at radius 2 is 1.72 bits per heavy atom. The average molecular weight is 391 g/mol. The van der Waals surface area contributed by atoms with Crippen LogP contribution in [0.3, 0.4) is 0 Å². The van der Waals surface area contributed by atoms with Crippen LogP contribution in [0.15, 0.2) is 36.8 Å².